The average Bonchev–Trinajstić information content (AvgIpc) is 2.78. The van der Waals surface area contributed by atoms with Gasteiger partial charge >= 0.3 is 5.97 Å². The first-order valence-electron chi connectivity index (χ1n) is 12.9. The molecule has 192 valence electrons. The van der Waals surface area contributed by atoms with Crippen LogP contribution in [0, 0.1) is 0 Å². The second kappa shape index (κ2) is 29.0. The molecule has 0 aromatic carbocycles. The molecule has 0 heterocycles. The quantitative estimate of drug-likeness (QED) is 0.0901. The van der Waals surface area contributed by atoms with Crippen LogP contribution in [-0.4, -0.2) is 75.1 Å². The predicted molar refractivity (Wildman–Crippen MR) is 143 cm³/mol. The first kappa shape index (κ1) is 32.0. The Morgan fingerprint density at radius 3 is 1.81 bits per heavy atom. The lowest BCUT2D eigenvalue weighted by molar-refractivity contribution is -0.136. The third kappa shape index (κ3) is 30.0. The molecule has 0 aromatic rings. The van der Waals surface area contributed by atoms with Crippen LogP contribution in [0.25, 0.3) is 0 Å². The summed E-state index contributed by atoms with van der Waals surface area (Å²) in [7, 11) is 3.96. The molecule has 0 aliphatic heterocycles. The number of carbonyl (C=O) groups is 1. The fraction of sp³-hybridized carbons (Fsp3) is 0.958. The van der Waals surface area contributed by atoms with E-state index in [1.54, 1.807) is 0 Å². The van der Waals surface area contributed by atoms with Gasteiger partial charge in [-0.3, -0.25) is 4.79 Å². The Labute approximate surface area is 205 Å². The molecule has 0 radical (unpaired) electrons. The summed E-state index contributed by atoms with van der Waals surface area (Å²) < 4.78 is 5.70. The molecule has 0 saturated carbocycles. The van der Waals surface area contributed by atoms with Crippen molar-refractivity contribution >= 4 is 27.6 Å². The van der Waals surface area contributed by atoms with Crippen LogP contribution in [0.1, 0.15) is 84.0 Å². The largest absolute Gasteiger partial charge is 0.481 e. The fourth-order valence-corrected chi connectivity index (χ4v) is 5.19. The Bertz CT molecular complexity index is 380. The summed E-state index contributed by atoms with van der Waals surface area (Å²) in [6.45, 7) is 9.02. The molecule has 0 aliphatic rings. The molecular formula is C24H51N3O3S2. The molecule has 32 heavy (non-hydrogen) atoms. The molecular weight excluding hydrogens is 442 g/mol. The first-order valence-corrected chi connectivity index (χ1v) is 15.4. The van der Waals surface area contributed by atoms with E-state index in [4.69, 9.17) is 9.84 Å². The van der Waals surface area contributed by atoms with E-state index in [1.807, 2.05) is 21.6 Å². The van der Waals surface area contributed by atoms with Crippen LogP contribution in [0.5, 0.6) is 0 Å². The summed E-state index contributed by atoms with van der Waals surface area (Å²) in [6.07, 6.45) is 15.3. The third-order valence-corrected chi connectivity index (χ3v) is 7.55. The van der Waals surface area contributed by atoms with E-state index < -0.39 is 5.97 Å². The highest BCUT2D eigenvalue weighted by Gasteiger charge is 1.96. The van der Waals surface area contributed by atoms with Gasteiger partial charge in [0, 0.05) is 50.8 Å². The van der Waals surface area contributed by atoms with Crippen molar-refractivity contribution in [2.45, 2.75) is 84.0 Å². The summed E-state index contributed by atoms with van der Waals surface area (Å²) in [5, 5.41) is 18.4. The van der Waals surface area contributed by atoms with Crippen molar-refractivity contribution < 1.29 is 14.6 Å². The van der Waals surface area contributed by atoms with Crippen molar-refractivity contribution in [1.29, 1.82) is 0 Å². The molecule has 0 aromatic heterocycles. The van der Waals surface area contributed by atoms with Gasteiger partial charge in [-0.05, 0) is 19.4 Å². The van der Waals surface area contributed by atoms with E-state index in [9.17, 15) is 4.79 Å². The number of nitrogens with one attached hydrogen (secondary N) is 3. The number of aliphatic carboxylic acids is 1. The Balaban J connectivity index is 3.00. The van der Waals surface area contributed by atoms with Gasteiger partial charge in [0.1, 0.15) is 0 Å². The summed E-state index contributed by atoms with van der Waals surface area (Å²) in [5.74, 6) is 1.61. The van der Waals surface area contributed by atoms with E-state index in [2.05, 4.69) is 22.9 Å². The zero-order valence-electron chi connectivity index (χ0n) is 20.6. The Morgan fingerprint density at radius 1 is 0.656 bits per heavy atom. The lowest BCUT2D eigenvalue weighted by Gasteiger charge is -2.08. The van der Waals surface area contributed by atoms with E-state index in [0.29, 0.717) is 6.54 Å². The number of hydrogen-bond donors (Lipinski definition) is 4. The summed E-state index contributed by atoms with van der Waals surface area (Å²) in [4.78, 5) is 10.4. The van der Waals surface area contributed by atoms with Crippen LogP contribution < -0.4 is 16.0 Å². The monoisotopic (exact) mass is 493 g/mol. The molecule has 8 heteroatoms. The second-order valence-electron chi connectivity index (χ2n) is 8.19. The minimum atomic E-state index is -0.754. The lowest BCUT2D eigenvalue weighted by atomic mass is 10.1. The van der Waals surface area contributed by atoms with Crippen LogP contribution in [0.15, 0.2) is 0 Å². The molecule has 6 nitrogen and oxygen atoms in total. The molecule has 0 unspecified atom stereocenters. The van der Waals surface area contributed by atoms with Gasteiger partial charge in [-0.2, -0.15) is 0 Å². The van der Waals surface area contributed by atoms with Crippen LogP contribution in [0.2, 0.25) is 0 Å². The molecule has 0 amide bonds. The van der Waals surface area contributed by atoms with Crippen LogP contribution in [0.4, 0.5) is 0 Å². The molecule has 0 atom stereocenters. The zero-order valence-corrected chi connectivity index (χ0v) is 22.3. The lowest BCUT2D eigenvalue weighted by Crippen LogP contribution is -2.33. The van der Waals surface area contributed by atoms with Crippen LogP contribution >= 0.6 is 21.6 Å². The van der Waals surface area contributed by atoms with E-state index in [0.717, 1.165) is 58.1 Å². The Kier molecular flexibility index (Phi) is 29.1. The maximum absolute atomic E-state index is 10.4. The molecule has 0 spiro atoms. The normalized spacial score (nSPS) is 11.3. The van der Waals surface area contributed by atoms with Gasteiger partial charge in [0.2, 0.25) is 0 Å². The van der Waals surface area contributed by atoms with E-state index in [1.165, 1.54) is 70.0 Å². The number of ether oxygens (including phenoxy) is 1. The highest BCUT2D eigenvalue weighted by Crippen LogP contribution is 2.22. The highest BCUT2D eigenvalue weighted by molar-refractivity contribution is 8.76. The summed E-state index contributed by atoms with van der Waals surface area (Å²) in [6, 6.07) is 0. The van der Waals surface area contributed by atoms with E-state index >= 15 is 0 Å². The van der Waals surface area contributed by atoms with Gasteiger partial charge < -0.3 is 25.8 Å². The smallest absolute Gasteiger partial charge is 0.304 e. The summed E-state index contributed by atoms with van der Waals surface area (Å²) >= 11 is 0. The van der Waals surface area contributed by atoms with Gasteiger partial charge in [-0.1, -0.05) is 86.3 Å². The number of unbranched alkanes of at least 4 members (excludes halogenated alkanes) is 9. The van der Waals surface area contributed by atoms with Crippen molar-refractivity contribution in [2.24, 2.45) is 0 Å². The topological polar surface area (TPSA) is 82.6 Å². The molecule has 0 saturated heterocycles. The van der Waals surface area contributed by atoms with Crippen molar-refractivity contribution in [3.05, 3.63) is 0 Å². The fourth-order valence-electron chi connectivity index (χ4n) is 3.18. The average molecular weight is 494 g/mol. The highest BCUT2D eigenvalue weighted by atomic mass is 33.1. The van der Waals surface area contributed by atoms with Gasteiger partial charge in [0.05, 0.1) is 13.0 Å². The summed E-state index contributed by atoms with van der Waals surface area (Å²) in [5.41, 5.74) is 0. The minimum Gasteiger partial charge on any atom is -0.481 e. The van der Waals surface area contributed by atoms with Gasteiger partial charge in [0.15, 0.2) is 0 Å². The molecule has 0 bridgehead atoms. The molecule has 0 aliphatic carbocycles. The molecule has 0 fully saturated rings. The van der Waals surface area contributed by atoms with Crippen molar-refractivity contribution in [3.8, 4) is 0 Å². The van der Waals surface area contributed by atoms with Crippen molar-refractivity contribution in [3.63, 3.8) is 0 Å². The molecule has 4 N–H and O–H groups in total. The predicted octanol–water partition coefficient (Wildman–Crippen LogP) is 4.94. The maximum Gasteiger partial charge on any atom is 0.304 e. The Morgan fingerprint density at radius 2 is 1.19 bits per heavy atom. The maximum atomic E-state index is 10.4. The van der Waals surface area contributed by atoms with Crippen molar-refractivity contribution in [1.82, 2.24) is 16.0 Å². The Hall–Kier alpha value is 0.01000. The SMILES string of the molecule is CCCCCCCCCCCCSSCCOCCCNCCNCCNCCC(=O)O. The number of carboxylic acid groups (broad SMARTS) is 1. The zero-order chi connectivity index (χ0) is 23.4. The molecule has 0 rings (SSSR count). The first-order chi connectivity index (χ1) is 15.8. The third-order valence-electron chi connectivity index (χ3n) is 5.09. The van der Waals surface area contributed by atoms with E-state index in [-0.39, 0.29) is 6.42 Å². The van der Waals surface area contributed by atoms with Gasteiger partial charge in [-0.15, -0.1) is 0 Å². The number of hydrogen-bond acceptors (Lipinski definition) is 7. The standard InChI is InChI=1S/C24H51N3O3S2/c1-2-3-4-5-6-7-8-9-10-11-22-31-32-23-21-30-20-12-14-25-16-18-27-19-17-26-15-13-24(28)29/h25-27H,2-23H2,1H3,(H,28,29). The number of carboxylic acids is 1. The van der Waals surface area contributed by atoms with Gasteiger partial charge in [0.25, 0.3) is 0 Å². The number of rotatable bonds is 28. The van der Waals surface area contributed by atoms with Gasteiger partial charge in [-0.25, -0.2) is 0 Å². The second-order valence-corrected chi connectivity index (χ2v) is 10.9. The van der Waals surface area contributed by atoms with Crippen molar-refractivity contribution in [2.75, 3.05) is 64.0 Å². The minimum absolute atomic E-state index is 0.181. The van der Waals surface area contributed by atoms with Crippen LogP contribution in [0.3, 0.4) is 0 Å². The van der Waals surface area contributed by atoms with Crippen LogP contribution in [-0.2, 0) is 9.53 Å².